The fraction of sp³-hybridized carbons (Fsp3) is 0.240. The Balaban J connectivity index is 1.32. The molecular weight excluding hydrogens is 394 g/mol. The monoisotopic (exact) mass is 419 g/mol. The number of methoxy groups -OCH3 is 1. The molecule has 0 saturated heterocycles. The van der Waals surface area contributed by atoms with Gasteiger partial charge in [-0.05, 0) is 39.9 Å². The lowest BCUT2D eigenvalue weighted by Gasteiger charge is -2.19. The summed E-state index contributed by atoms with van der Waals surface area (Å²) in [5.41, 5.74) is 5.11. The van der Waals surface area contributed by atoms with Crippen molar-refractivity contribution < 1.29 is 24.5 Å². The van der Waals surface area contributed by atoms with Gasteiger partial charge in [-0.25, -0.2) is 4.79 Å². The molecule has 0 heterocycles. The van der Waals surface area contributed by atoms with Crippen molar-refractivity contribution in [1.82, 2.24) is 5.32 Å². The number of carbonyl (C=O) groups is 1. The zero-order valence-corrected chi connectivity index (χ0v) is 17.2. The van der Waals surface area contributed by atoms with Crippen molar-refractivity contribution >= 4 is 6.09 Å². The molecule has 3 aromatic rings. The summed E-state index contributed by atoms with van der Waals surface area (Å²) in [5.74, 6) is 0.621. The zero-order valence-electron chi connectivity index (χ0n) is 17.2. The normalized spacial score (nSPS) is 14.3. The van der Waals surface area contributed by atoms with Crippen LogP contribution in [-0.2, 0) is 4.74 Å². The van der Waals surface area contributed by atoms with Gasteiger partial charge in [0.15, 0.2) is 0 Å². The highest BCUT2D eigenvalue weighted by atomic mass is 16.5. The number of rotatable bonds is 7. The standard InChI is InChI=1S/C25H25NO5/c1-30-17-12-10-16(11-13-17)24(28)23(27)14-26-25(29)31-15-22-20-8-4-2-6-18(20)19-7-3-5-9-21(19)22/h2-13,22-24,27-28H,14-15H2,1H3,(H,26,29). The van der Waals surface area contributed by atoms with E-state index in [1.54, 1.807) is 31.4 Å². The number of hydrogen-bond donors (Lipinski definition) is 3. The van der Waals surface area contributed by atoms with Crippen LogP contribution < -0.4 is 10.1 Å². The van der Waals surface area contributed by atoms with Gasteiger partial charge in [-0.2, -0.15) is 0 Å². The minimum absolute atomic E-state index is 0.0343. The molecule has 0 aromatic heterocycles. The first-order valence-electron chi connectivity index (χ1n) is 10.2. The second-order valence-corrected chi connectivity index (χ2v) is 7.49. The van der Waals surface area contributed by atoms with Gasteiger partial charge in [0.1, 0.15) is 24.6 Å². The molecule has 0 radical (unpaired) electrons. The van der Waals surface area contributed by atoms with Crippen molar-refractivity contribution in [3.05, 3.63) is 89.5 Å². The van der Waals surface area contributed by atoms with E-state index in [1.165, 1.54) is 0 Å². The van der Waals surface area contributed by atoms with E-state index in [4.69, 9.17) is 9.47 Å². The first kappa shape index (κ1) is 20.9. The average molecular weight is 419 g/mol. The Hall–Kier alpha value is -3.35. The van der Waals surface area contributed by atoms with Gasteiger partial charge in [-0.15, -0.1) is 0 Å². The maximum Gasteiger partial charge on any atom is 0.407 e. The quantitative estimate of drug-likeness (QED) is 0.544. The molecule has 3 aromatic carbocycles. The fourth-order valence-corrected chi connectivity index (χ4v) is 3.97. The Morgan fingerprint density at radius 2 is 1.52 bits per heavy atom. The third kappa shape index (κ3) is 4.40. The van der Waals surface area contributed by atoms with Crippen molar-refractivity contribution in [2.45, 2.75) is 18.1 Å². The highest BCUT2D eigenvalue weighted by Gasteiger charge is 2.29. The van der Waals surface area contributed by atoms with Gasteiger partial charge >= 0.3 is 6.09 Å². The lowest BCUT2D eigenvalue weighted by molar-refractivity contribution is 0.0185. The van der Waals surface area contributed by atoms with E-state index in [2.05, 4.69) is 29.6 Å². The van der Waals surface area contributed by atoms with E-state index in [1.807, 2.05) is 24.3 Å². The SMILES string of the molecule is COc1ccc(C(O)C(O)CNC(=O)OCC2c3ccccc3-c3ccccc32)cc1. The second kappa shape index (κ2) is 9.20. The number of amides is 1. The van der Waals surface area contributed by atoms with E-state index in [0.29, 0.717) is 11.3 Å². The van der Waals surface area contributed by atoms with Crippen LogP contribution in [0.1, 0.15) is 28.7 Å². The predicted octanol–water partition coefficient (Wildman–Crippen LogP) is 3.63. The predicted molar refractivity (Wildman–Crippen MR) is 117 cm³/mol. The molecule has 6 heteroatoms. The fourth-order valence-electron chi connectivity index (χ4n) is 3.97. The molecule has 2 atom stereocenters. The molecule has 0 saturated carbocycles. The van der Waals surface area contributed by atoms with Crippen LogP contribution in [0.25, 0.3) is 11.1 Å². The third-order valence-electron chi connectivity index (χ3n) is 5.62. The molecule has 0 bridgehead atoms. The van der Waals surface area contributed by atoms with Gasteiger partial charge < -0.3 is 25.0 Å². The maximum atomic E-state index is 12.2. The van der Waals surface area contributed by atoms with Crippen LogP contribution in [0.2, 0.25) is 0 Å². The van der Waals surface area contributed by atoms with Crippen molar-refractivity contribution in [3.63, 3.8) is 0 Å². The van der Waals surface area contributed by atoms with Crippen molar-refractivity contribution in [2.24, 2.45) is 0 Å². The number of aliphatic hydroxyl groups is 2. The van der Waals surface area contributed by atoms with E-state index < -0.39 is 18.3 Å². The molecule has 6 nitrogen and oxygen atoms in total. The number of ether oxygens (including phenoxy) is 2. The lowest BCUT2D eigenvalue weighted by atomic mass is 9.98. The van der Waals surface area contributed by atoms with Crippen LogP contribution in [0.4, 0.5) is 4.79 Å². The van der Waals surface area contributed by atoms with Crippen LogP contribution in [0.3, 0.4) is 0 Å². The van der Waals surface area contributed by atoms with Crippen molar-refractivity contribution in [2.75, 3.05) is 20.3 Å². The molecule has 1 aliphatic carbocycles. The van der Waals surface area contributed by atoms with E-state index in [-0.39, 0.29) is 19.1 Å². The molecule has 31 heavy (non-hydrogen) atoms. The van der Waals surface area contributed by atoms with E-state index in [9.17, 15) is 15.0 Å². The van der Waals surface area contributed by atoms with Gasteiger partial charge in [-0.3, -0.25) is 0 Å². The molecule has 4 rings (SSSR count). The zero-order chi connectivity index (χ0) is 21.8. The highest BCUT2D eigenvalue weighted by Crippen LogP contribution is 2.44. The van der Waals surface area contributed by atoms with Gasteiger partial charge in [0, 0.05) is 12.5 Å². The van der Waals surface area contributed by atoms with E-state index >= 15 is 0 Å². The van der Waals surface area contributed by atoms with Crippen LogP contribution in [0, 0.1) is 0 Å². The minimum atomic E-state index is -1.17. The Labute approximate surface area is 181 Å². The number of nitrogens with one attached hydrogen (secondary N) is 1. The summed E-state index contributed by atoms with van der Waals surface area (Å²) in [5, 5.41) is 23.1. The van der Waals surface area contributed by atoms with E-state index in [0.717, 1.165) is 22.3 Å². The molecule has 1 aliphatic rings. The summed E-state index contributed by atoms with van der Waals surface area (Å²) >= 11 is 0. The summed E-state index contributed by atoms with van der Waals surface area (Å²) in [6.45, 7) is 0.0564. The summed E-state index contributed by atoms with van der Waals surface area (Å²) in [7, 11) is 1.55. The molecule has 0 fully saturated rings. The van der Waals surface area contributed by atoms with Gasteiger partial charge in [-0.1, -0.05) is 60.7 Å². The lowest BCUT2D eigenvalue weighted by Crippen LogP contribution is -2.36. The summed E-state index contributed by atoms with van der Waals surface area (Å²) in [6.07, 6.45) is -2.95. The summed E-state index contributed by atoms with van der Waals surface area (Å²) in [6, 6.07) is 22.9. The van der Waals surface area contributed by atoms with Gasteiger partial charge in [0.25, 0.3) is 0 Å². The van der Waals surface area contributed by atoms with Crippen LogP contribution in [0.5, 0.6) is 5.75 Å². The first-order valence-corrected chi connectivity index (χ1v) is 10.2. The van der Waals surface area contributed by atoms with Gasteiger partial charge in [0.05, 0.1) is 7.11 Å². The van der Waals surface area contributed by atoms with Crippen LogP contribution in [0.15, 0.2) is 72.8 Å². The summed E-state index contributed by atoms with van der Waals surface area (Å²) in [4.78, 5) is 12.2. The summed E-state index contributed by atoms with van der Waals surface area (Å²) < 4.78 is 10.5. The number of fused-ring (bicyclic) bond motifs is 3. The molecule has 1 amide bonds. The van der Waals surface area contributed by atoms with Crippen LogP contribution in [-0.4, -0.2) is 42.7 Å². The Bertz CT molecular complexity index is 1000. The number of aliphatic hydroxyl groups excluding tert-OH is 2. The average Bonchev–Trinajstić information content (AvgIpc) is 3.14. The molecule has 3 N–H and O–H groups in total. The third-order valence-corrected chi connectivity index (χ3v) is 5.62. The largest absolute Gasteiger partial charge is 0.497 e. The molecule has 160 valence electrons. The Morgan fingerprint density at radius 3 is 2.10 bits per heavy atom. The molecule has 2 unspecified atom stereocenters. The van der Waals surface area contributed by atoms with Gasteiger partial charge in [0.2, 0.25) is 0 Å². The number of carbonyl (C=O) groups excluding carboxylic acids is 1. The Kier molecular flexibility index (Phi) is 6.21. The maximum absolute atomic E-state index is 12.2. The molecule has 0 aliphatic heterocycles. The smallest absolute Gasteiger partial charge is 0.407 e. The van der Waals surface area contributed by atoms with Crippen LogP contribution >= 0.6 is 0 Å². The van der Waals surface area contributed by atoms with Crippen molar-refractivity contribution in [3.8, 4) is 16.9 Å². The molecule has 0 spiro atoms. The highest BCUT2D eigenvalue weighted by molar-refractivity contribution is 5.79. The number of alkyl carbamates (subject to hydrolysis) is 1. The van der Waals surface area contributed by atoms with Crippen molar-refractivity contribution in [1.29, 1.82) is 0 Å². The number of benzene rings is 3. The Morgan fingerprint density at radius 1 is 0.935 bits per heavy atom. The topological polar surface area (TPSA) is 88.0 Å². The molecular formula is C25H25NO5. The first-order chi connectivity index (χ1) is 15.1. The minimum Gasteiger partial charge on any atom is -0.497 e. The second-order valence-electron chi connectivity index (χ2n) is 7.49. The number of hydrogen-bond acceptors (Lipinski definition) is 5.